The average Bonchev–Trinajstić information content (AvgIpc) is 2.59. The van der Waals surface area contributed by atoms with Crippen molar-refractivity contribution in [3.8, 4) is 0 Å². The fourth-order valence-corrected chi connectivity index (χ4v) is 2.05. The molecule has 1 aromatic carbocycles. The zero-order chi connectivity index (χ0) is 9.26. The van der Waals surface area contributed by atoms with Gasteiger partial charge in [0.25, 0.3) is 0 Å². The molecule has 0 radical (unpaired) electrons. The zero-order valence-corrected chi connectivity index (χ0v) is 7.72. The monoisotopic (exact) mass is 193 g/mol. The SMILES string of the molecule is C=CC(F)c1nc2ccccc2s1. The third-order valence-corrected chi connectivity index (χ3v) is 2.84. The normalized spacial score (nSPS) is 13.0. The molecule has 1 aromatic heterocycles. The molecule has 1 atom stereocenters. The van der Waals surface area contributed by atoms with Gasteiger partial charge in [0.05, 0.1) is 10.2 Å². The van der Waals surface area contributed by atoms with Gasteiger partial charge in [0, 0.05) is 0 Å². The molecule has 0 aliphatic carbocycles. The van der Waals surface area contributed by atoms with Crippen LogP contribution in [-0.4, -0.2) is 4.98 Å². The Hall–Kier alpha value is -1.22. The summed E-state index contributed by atoms with van der Waals surface area (Å²) < 4.78 is 14.1. The summed E-state index contributed by atoms with van der Waals surface area (Å²) in [4.78, 5) is 4.16. The molecular weight excluding hydrogens is 185 g/mol. The largest absolute Gasteiger partial charge is 0.238 e. The Kier molecular flexibility index (Phi) is 2.10. The molecule has 0 saturated carbocycles. The molecule has 0 bridgehead atoms. The van der Waals surface area contributed by atoms with E-state index in [2.05, 4.69) is 11.6 Å². The quantitative estimate of drug-likeness (QED) is 0.665. The molecule has 1 unspecified atom stereocenters. The zero-order valence-electron chi connectivity index (χ0n) is 6.90. The van der Waals surface area contributed by atoms with Crippen LogP contribution >= 0.6 is 11.3 Å². The van der Waals surface area contributed by atoms with Crippen LogP contribution in [0.15, 0.2) is 36.9 Å². The van der Waals surface area contributed by atoms with Crippen LogP contribution in [0.3, 0.4) is 0 Å². The number of fused-ring (bicyclic) bond motifs is 1. The molecule has 2 rings (SSSR count). The molecule has 0 amide bonds. The van der Waals surface area contributed by atoms with Gasteiger partial charge in [-0.1, -0.05) is 24.8 Å². The van der Waals surface area contributed by atoms with Crippen LogP contribution in [0.5, 0.6) is 0 Å². The lowest BCUT2D eigenvalue weighted by molar-refractivity contribution is 0.414. The summed E-state index contributed by atoms with van der Waals surface area (Å²) in [6.45, 7) is 3.40. The van der Waals surface area contributed by atoms with E-state index in [1.807, 2.05) is 24.3 Å². The second kappa shape index (κ2) is 3.26. The highest BCUT2D eigenvalue weighted by Crippen LogP contribution is 2.28. The van der Waals surface area contributed by atoms with Crippen molar-refractivity contribution in [2.45, 2.75) is 6.17 Å². The van der Waals surface area contributed by atoms with E-state index in [0.29, 0.717) is 5.01 Å². The topological polar surface area (TPSA) is 12.9 Å². The van der Waals surface area contributed by atoms with Gasteiger partial charge in [0.2, 0.25) is 0 Å². The maximum atomic E-state index is 13.1. The van der Waals surface area contributed by atoms with Crippen molar-refractivity contribution in [3.05, 3.63) is 41.9 Å². The van der Waals surface area contributed by atoms with Crippen LogP contribution in [0.1, 0.15) is 11.2 Å². The number of benzene rings is 1. The molecule has 0 saturated heterocycles. The minimum absolute atomic E-state index is 0.483. The van der Waals surface area contributed by atoms with Gasteiger partial charge >= 0.3 is 0 Å². The van der Waals surface area contributed by atoms with Crippen molar-refractivity contribution in [2.75, 3.05) is 0 Å². The Labute approximate surface area is 79.5 Å². The van der Waals surface area contributed by atoms with Gasteiger partial charge in [0.15, 0.2) is 6.17 Å². The van der Waals surface area contributed by atoms with Gasteiger partial charge < -0.3 is 0 Å². The Bertz CT molecular complexity index is 402. The number of allylic oxidation sites excluding steroid dienone is 1. The molecule has 0 N–H and O–H groups in total. The Morgan fingerprint density at radius 2 is 2.23 bits per heavy atom. The van der Waals surface area contributed by atoms with E-state index in [9.17, 15) is 4.39 Å². The maximum Gasteiger partial charge on any atom is 0.169 e. The first-order valence-electron chi connectivity index (χ1n) is 3.93. The first kappa shape index (κ1) is 8.38. The van der Waals surface area contributed by atoms with E-state index < -0.39 is 6.17 Å². The second-order valence-corrected chi connectivity index (χ2v) is 3.72. The number of halogens is 1. The molecule has 13 heavy (non-hydrogen) atoms. The van der Waals surface area contributed by atoms with E-state index >= 15 is 0 Å². The second-order valence-electron chi connectivity index (χ2n) is 2.66. The number of rotatable bonds is 2. The molecule has 1 heterocycles. The lowest BCUT2D eigenvalue weighted by Crippen LogP contribution is -1.82. The predicted molar refractivity (Wildman–Crippen MR) is 53.7 cm³/mol. The molecule has 66 valence electrons. The molecular formula is C10H8FNS. The molecule has 3 heteroatoms. The van der Waals surface area contributed by atoms with Crippen molar-refractivity contribution in [1.82, 2.24) is 4.98 Å². The average molecular weight is 193 g/mol. The Morgan fingerprint density at radius 3 is 2.92 bits per heavy atom. The van der Waals surface area contributed by atoms with Gasteiger partial charge in [0.1, 0.15) is 5.01 Å². The molecule has 1 nitrogen and oxygen atoms in total. The summed E-state index contributed by atoms with van der Waals surface area (Å²) in [5.74, 6) is 0. The van der Waals surface area contributed by atoms with Crippen LogP contribution in [0.4, 0.5) is 4.39 Å². The lowest BCUT2D eigenvalue weighted by atomic mass is 10.3. The van der Waals surface area contributed by atoms with Crippen LogP contribution in [0, 0.1) is 0 Å². The highest BCUT2D eigenvalue weighted by molar-refractivity contribution is 7.18. The van der Waals surface area contributed by atoms with Crippen molar-refractivity contribution < 1.29 is 4.39 Å². The number of hydrogen-bond acceptors (Lipinski definition) is 2. The van der Waals surface area contributed by atoms with Crippen molar-refractivity contribution in [3.63, 3.8) is 0 Å². The Morgan fingerprint density at radius 1 is 1.46 bits per heavy atom. The van der Waals surface area contributed by atoms with E-state index in [4.69, 9.17) is 0 Å². The fourth-order valence-electron chi connectivity index (χ4n) is 1.11. The third kappa shape index (κ3) is 1.47. The molecule has 2 aromatic rings. The van der Waals surface area contributed by atoms with Crippen LogP contribution in [0.25, 0.3) is 10.2 Å². The number of alkyl halides is 1. The molecule has 0 spiro atoms. The minimum Gasteiger partial charge on any atom is -0.238 e. The van der Waals surface area contributed by atoms with Gasteiger partial charge in [-0.2, -0.15) is 0 Å². The van der Waals surface area contributed by atoms with Gasteiger partial charge in [-0.05, 0) is 12.1 Å². The standard InChI is InChI=1S/C10H8FNS/c1-2-7(11)10-12-8-5-3-4-6-9(8)13-10/h2-7H,1H2. The lowest BCUT2D eigenvalue weighted by Gasteiger charge is -1.92. The fraction of sp³-hybridized carbons (Fsp3) is 0.100. The summed E-state index contributed by atoms with van der Waals surface area (Å²) in [7, 11) is 0. The van der Waals surface area contributed by atoms with Gasteiger partial charge in [-0.3, -0.25) is 0 Å². The molecule has 0 aliphatic heterocycles. The Balaban J connectivity index is 2.55. The van der Waals surface area contributed by atoms with E-state index in [0.717, 1.165) is 10.2 Å². The summed E-state index contributed by atoms with van der Waals surface area (Å²) in [6.07, 6.45) is 0.120. The van der Waals surface area contributed by atoms with Crippen molar-refractivity contribution in [2.24, 2.45) is 0 Å². The maximum absolute atomic E-state index is 13.1. The van der Waals surface area contributed by atoms with Crippen molar-refractivity contribution in [1.29, 1.82) is 0 Å². The van der Waals surface area contributed by atoms with Gasteiger partial charge in [-0.25, -0.2) is 9.37 Å². The first-order valence-corrected chi connectivity index (χ1v) is 4.75. The highest BCUT2D eigenvalue weighted by atomic mass is 32.1. The molecule has 0 aliphatic rings. The number of aromatic nitrogens is 1. The summed E-state index contributed by atoms with van der Waals surface area (Å²) in [6, 6.07) is 7.63. The third-order valence-electron chi connectivity index (χ3n) is 1.75. The summed E-state index contributed by atoms with van der Waals surface area (Å²) >= 11 is 1.37. The summed E-state index contributed by atoms with van der Waals surface area (Å²) in [5, 5.41) is 0.483. The number of hydrogen-bond donors (Lipinski definition) is 0. The van der Waals surface area contributed by atoms with E-state index in [1.165, 1.54) is 17.4 Å². The smallest absolute Gasteiger partial charge is 0.169 e. The van der Waals surface area contributed by atoms with Crippen LogP contribution in [0.2, 0.25) is 0 Å². The highest BCUT2D eigenvalue weighted by Gasteiger charge is 2.10. The van der Waals surface area contributed by atoms with Crippen LogP contribution < -0.4 is 0 Å². The van der Waals surface area contributed by atoms with E-state index in [-0.39, 0.29) is 0 Å². The number of thiazole rings is 1. The molecule has 0 fully saturated rings. The number of nitrogens with zero attached hydrogens (tertiary/aromatic N) is 1. The first-order chi connectivity index (χ1) is 6.31. The van der Waals surface area contributed by atoms with Crippen LogP contribution in [-0.2, 0) is 0 Å². The predicted octanol–water partition coefficient (Wildman–Crippen LogP) is 3.49. The van der Waals surface area contributed by atoms with Crippen molar-refractivity contribution >= 4 is 21.6 Å². The number of para-hydroxylation sites is 1. The summed E-state index contributed by atoms with van der Waals surface area (Å²) in [5.41, 5.74) is 0.854. The minimum atomic E-state index is -1.14. The van der Waals surface area contributed by atoms with E-state index in [1.54, 1.807) is 0 Å². The van der Waals surface area contributed by atoms with Gasteiger partial charge in [-0.15, -0.1) is 11.3 Å².